The van der Waals surface area contributed by atoms with Crippen LogP contribution in [-0.2, 0) is 11.3 Å². The van der Waals surface area contributed by atoms with Gasteiger partial charge in [0, 0.05) is 48.6 Å². The summed E-state index contributed by atoms with van der Waals surface area (Å²) in [7, 11) is 0. The Morgan fingerprint density at radius 3 is 2.68 bits per heavy atom. The van der Waals surface area contributed by atoms with Crippen molar-refractivity contribution in [3.05, 3.63) is 83.6 Å². The Balaban J connectivity index is 1.53. The molecule has 2 heterocycles. The summed E-state index contributed by atoms with van der Waals surface area (Å²) in [5.41, 5.74) is 9.30. The van der Waals surface area contributed by atoms with Gasteiger partial charge in [0.05, 0.1) is 12.2 Å². The van der Waals surface area contributed by atoms with E-state index in [1.54, 1.807) is 35.4 Å². The number of aliphatic imine (C=N–C) groups is 1. The molecule has 1 aromatic heterocycles. The van der Waals surface area contributed by atoms with E-state index in [4.69, 9.17) is 10.7 Å². The maximum absolute atomic E-state index is 13.3. The predicted molar refractivity (Wildman–Crippen MR) is 139 cm³/mol. The van der Waals surface area contributed by atoms with Gasteiger partial charge in [0.25, 0.3) is 5.91 Å². The third-order valence-corrected chi connectivity index (χ3v) is 6.79. The van der Waals surface area contributed by atoms with Crippen molar-refractivity contribution in [2.24, 2.45) is 16.6 Å². The average Bonchev–Trinajstić information content (AvgIpc) is 3.41. The van der Waals surface area contributed by atoms with Crippen LogP contribution in [0.15, 0.2) is 71.5 Å². The smallest absolute Gasteiger partial charge is 0.270 e. The summed E-state index contributed by atoms with van der Waals surface area (Å²) >= 11 is 0. The number of aliphatic hydroxyl groups is 1. The van der Waals surface area contributed by atoms with Gasteiger partial charge in [0.2, 0.25) is 5.91 Å². The number of amides is 2. The van der Waals surface area contributed by atoms with E-state index >= 15 is 0 Å². The van der Waals surface area contributed by atoms with Gasteiger partial charge >= 0.3 is 0 Å². The molecule has 6 N–H and O–H groups in total. The highest BCUT2D eigenvalue weighted by Gasteiger charge is 2.35. The third kappa shape index (κ3) is 6.33. The molecular weight excluding hydrogens is 475 g/mol. The topological polar surface area (TPSA) is 136 Å². The Bertz CT molecular complexity index is 1190. The number of carbonyl (C=O) groups is 2. The lowest BCUT2D eigenvalue weighted by atomic mass is 9.86. The molecule has 2 amide bonds. The molecule has 10 heteroatoms. The molecule has 1 aliphatic carbocycles. The lowest BCUT2D eigenvalue weighted by Crippen LogP contribution is -2.56. The Morgan fingerprint density at radius 1 is 1.30 bits per heavy atom. The number of aromatic nitrogens is 1. The number of nitrogens with zero attached hydrogens (tertiary/aromatic N) is 2. The van der Waals surface area contributed by atoms with Gasteiger partial charge in [-0.1, -0.05) is 25.6 Å². The highest BCUT2D eigenvalue weighted by Crippen LogP contribution is 2.25. The molecular formula is C27H33FN6O3. The number of hydrogen-bond donors (Lipinski definition) is 5. The number of nitrogens with two attached hydrogens (primary N) is 1. The standard InChI is InChI=1S/C27H33FN6O3/c1-3-23(35)32-19-11-20(12-19)33-26(36)24(29)21-15-34(27(37)22-5-4-10-30-22)14-16(2)25(21)31-13-17-6-8-18(28)9-7-17/h3-10,16,19-20,26,30,33,36H,1,11-15,29H2,2H3,(H,32,35). The number of rotatable bonds is 8. The number of piperidine rings is 1. The highest BCUT2D eigenvalue weighted by molar-refractivity contribution is 6.05. The predicted octanol–water partition coefficient (Wildman–Crippen LogP) is 1.84. The summed E-state index contributed by atoms with van der Waals surface area (Å²) in [5.74, 6) is -0.851. The van der Waals surface area contributed by atoms with E-state index in [1.165, 1.54) is 18.2 Å². The van der Waals surface area contributed by atoms with Gasteiger partial charge in [-0.2, -0.15) is 0 Å². The van der Waals surface area contributed by atoms with Crippen LogP contribution >= 0.6 is 0 Å². The SMILES string of the molecule is C=CC(=O)NC1CC(NC(O)C(N)=C2CN(C(=O)c3ccc[nH]3)CC(C)C2=NCc2ccc(F)cc2)C1. The van der Waals surface area contributed by atoms with Gasteiger partial charge in [0.15, 0.2) is 0 Å². The summed E-state index contributed by atoms with van der Waals surface area (Å²) in [4.78, 5) is 34.0. The first-order chi connectivity index (χ1) is 17.7. The van der Waals surface area contributed by atoms with Crippen LogP contribution in [0, 0.1) is 11.7 Å². The third-order valence-electron chi connectivity index (χ3n) is 6.79. The molecule has 2 fully saturated rings. The summed E-state index contributed by atoms with van der Waals surface area (Å²) in [6.45, 7) is 6.36. The summed E-state index contributed by atoms with van der Waals surface area (Å²) in [5, 5.41) is 16.9. The normalized spacial score (nSPS) is 24.8. The van der Waals surface area contributed by atoms with E-state index in [-0.39, 0.29) is 47.9 Å². The van der Waals surface area contributed by atoms with Crippen molar-refractivity contribution in [1.82, 2.24) is 20.5 Å². The zero-order chi connectivity index (χ0) is 26.5. The Morgan fingerprint density at radius 2 is 2.03 bits per heavy atom. The molecule has 1 saturated heterocycles. The Labute approximate surface area is 215 Å². The number of H-pyrrole nitrogens is 1. The molecule has 1 saturated carbocycles. The molecule has 0 radical (unpaired) electrons. The van der Waals surface area contributed by atoms with Crippen LogP contribution in [0.4, 0.5) is 4.39 Å². The molecule has 9 nitrogen and oxygen atoms in total. The molecule has 0 bridgehead atoms. The van der Waals surface area contributed by atoms with Crippen LogP contribution in [0.5, 0.6) is 0 Å². The van der Waals surface area contributed by atoms with Gasteiger partial charge in [-0.25, -0.2) is 4.39 Å². The summed E-state index contributed by atoms with van der Waals surface area (Å²) < 4.78 is 13.3. The van der Waals surface area contributed by atoms with Crippen LogP contribution in [0.2, 0.25) is 0 Å². The van der Waals surface area contributed by atoms with Crippen LogP contribution in [0.25, 0.3) is 0 Å². The molecule has 4 rings (SSSR count). The molecule has 1 aliphatic heterocycles. The first-order valence-corrected chi connectivity index (χ1v) is 12.3. The van der Waals surface area contributed by atoms with E-state index in [2.05, 4.69) is 22.2 Å². The number of aromatic amines is 1. The van der Waals surface area contributed by atoms with Crippen LogP contribution in [-0.4, -0.2) is 63.9 Å². The number of hydrogen-bond acceptors (Lipinski definition) is 6. The molecule has 2 aliphatic rings. The van der Waals surface area contributed by atoms with Crippen LogP contribution in [0.1, 0.15) is 35.8 Å². The number of nitrogens with one attached hydrogen (secondary N) is 3. The fraction of sp³-hybridized carbons (Fsp3) is 0.370. The lowest BCUT2D eigenvalue weighted by Gasteiger charge is -2.39. The van der Waals surface area contributed by atoms with Crippen molar-refractivity contribution < 1.29 is 19.1 Å². The van der Waals surface area contributed by atoms with Crippen molar-refractivity contribution >= 4 is 17.5 Å². The molecule has 196 valence electrons. The van der Waals surface area contributed by atoms with Crippen molar-refractivity contribution in [1.29, 1.82) is 0 Å². The van der Waals surface area contributed by atoms with Crippen molar-refractivity contribution in [3.8, 4) is 0 Å². The summed E-state index contributed by atoms with van der Waals surface area (Å²) in [6, 6.07) is 9.59. The minimum atomic E-state index is -1.15. The maximum atomic E-state index is 13.3. The quantitative estimate of drug-likeness (QED) is 0.274. The Hall–Kier alpha value is -3.76. The van der Waals surface area contributed by atoms with Crippen LogP contribution in [0.3, 0.4) is 0 Å². The Kier molecular flexibility index (Phi) is 8.20. The fourth-order valence-corrected chi connectivity index (χ4v) is 4.71. The second-order valence-corrected chi connectivity index (χ2v) is 9.58. The van der Waals surface area contributed by atoms with Gasteiger partial charge in [-0.3, -0.25) is 19.9 Å². The van der Waals surface area contributed by atoms with E-state index in [9.17, 15) is 19.1 Å². The molecule has 0 spiro atoms. The monoisotopic (exact) mass is 508 g/mol. The second kappa shape index (κ2) is 11.5. The number of aliphatic hydroxyl groups excluding tert-OH is 1. The van der Waals surface area contributed by atoms with E-state index in [0.29, 0.717) is 42.9 Å². The van der Waals surface area contributed by atoms with Crippen molar-refractivity contribution in [2.75, 3.05) is 13.1 Å². The first-order valence-electron chi connectivity index (χ1n) is 12.3. The molecule has 2 aromatic rings. The molecule has 1 aromatic carbocycles. The minimum Gasteiger partial charge on any atom is -0.398 e. The molecule has 2 atom stereocenters. The van der Waals surface area contributed by atoms with E-state index in [1.807, 2.05) is 6.92 Å². The zero-order valence-electron chi connectivity index (χ0n) is 20.8. The molecule has 2 unspecified atom stereocenters. The van der Waals surface area contributed by atoms with E-state index < -0.39 is 6.23 Å². The summed E-state index contributed by atoms with van der Waals surface area (Å²) in [6.07, 6.45) is 3.07. The second-order valence-electron chi connectivity index (χ2n) is 9.58. The van der Waals surface area contributed by atoms with Gasteiger partial charge in [-0.15, -0.1) is 0 Å². The van der Waals surface area contributed by atoms with E-state index in [0.717, 1.165) is 5.56 Å². The zero-order valence-corrected chi connectivity index (χ0v) is 20.8. The largest absolute Gasteiger partial charge is 0.398 e. The number of benzene rings is 1. The van der Waals surface area contributed by atoms with Gasteiger partial charge in [-0.05, 0) is 48.7 Å². The highest BCUT2D eigenvalue weighted by atomic mass is 19.1. The van der Waals surface area contributed by atoms with Gasteiger partial charge in [0.1, 0.15) is 17.7 Å². The number of halogens is 1. The average molecular weight is 509 g/mol. The van der Waals surface area contributed by atoms with Crippen molar-refractivity contribution in [2.45, 2.75) is 44.6 Å². The number of carbonyl (C=O) groups excluding carboxylic acids is 2. The molecule has 37 heavy (non-hydrogen) atoms. The minimum absolute atomic E-state index is 0.0144. The fourth-order valence-electron chi connectivity index (χ4n) is 4.71. The first kappa shape index (κ1) is 26.3. The number of likely N-dealkylation sites (tertiary alicyclic amines) is 1. The lowest BCUT2D eigenvalue weighted by molar-refractivity contribution is -0.117. The van der Waals surface area contributed by atoms with Crippen molar-refractivity contribution in [3.63, 3.8) is 0 Å². The van der Waals surface area contributed by atoms with Gasteiger partial charge < -0.3 is 26.0 Å². The maximum Gasteiger partial charge on any atom is 0.270 e. The van der Waals surface area contributed by atoms with Crippen LogP contribution < -0.4 is 16.4 Å².